The number of benzene rings is 2. The summed E-state index contributed by atoms with van der Waals surface area (Å²) in [7, 11) is 0. The first-order valence-corrected chi connectivity index (χ1v) is 6.49. The first kappa shape index (κ1) is 12.5. The average Bonchev–Trinajstić information content (AvgIpc) is 2.34. The summed E-state index contributed by atoms with van der Waals surface area (Å²) >= 11 is 1.20. The third kappa shape index (κ3) is 3.28. The Balaban J connectivity index is 2.21. The third-order valence-corrected chi connectivity index (χ3v) is 3.10. The Morgan fingerprint density at radius 3 is 2.78 bits per heavy atom. The van der Waals surface area contributed by atoms with Crippen LogP contribution in [0, 0.1) is 11.8 Å². The zero-order valence-corrected chi connectivity index (χ0v) is 10.8. The van der Waals surface area contributed by atoms with Gasteiger partial charge in [0.2, 0.25) is 0 Å². The molecule has 2 aromatic rings. The fourth-order valence-electron chi connectivity index (χ4n) is 1.59. The Morgan fingerprint density at radius 1 is 1.22 bits per heavy atom. The van der Waals surface area contributed by atoms with Crippen molar-refractivity contribution in [3.63, 3.8) is 0 Å². The largest absolute Gasteiger partial charge is 0.508 e. The second kappa shape index (κ2) is 5.61. The normalized spacial score (nSPS) is 9.83. The predicted octanol–water partition coefficient (Wildman–Crippen LogP) is 3.18. The number of fused-ring (bicyclic) bond motifs is 1. The van der Waals surface area contributed by atoms with Crippen LogP contribution in [0.5, 0.6) is 5.75 Å². The van der Waals surface area contributed by atoms with Gasteiger partial charge in [-0.15, -0.1) is 0 Å². The molecule has 2 aromatic carbocycles. The topological polar surface area (TPSA) is 37.3 Å². The molecule has 0 spiro atoms. The smallest absolute Gasteiger partial charge is 0.186 e. The SMILES string of the molecule is CC(=O)SCC#Cc1ccc2ccc(O)cc2c1. The molecule has 0 aliphatic carbocycles. The van der Waals surface area contributed by atoms with Crippen LogP contribution in [-0.2, 0) is 4.79 Å². The molecule has 0 saturated carbocycles. The van der Waals surface area contributed by atoms with Gasteiger partial charge in [-0.05, 0) is 35.0 Å². The maximum Gasteiger partial charge on any atom is 0.186 e. The minimum Gasteiger partial charge on any atom is -0.508 e. The van der Waals surface area contributed by atoms with E-state index in [0.717, 1.165) is 16.3 Å². The van der Waals surface area contributed by atoms with Crippen LogP contribution < -0.4 is 0 Å². The molecule has 0 aliphatic heterocycles. The summed E-state index contributed by atoms with van der Waals surface area (Å²) in [6.45, 7) is 1.53. The molecule has 0 aromatic heterocycles. The standard InChI is InChI=1S/C15H12O2S/c1-11(16)18-8-2-3-12-4-5-13-6-7-15(17)10-14(13)9-12/h4-7,9-10,17H,8H2,1H3. The van der Waals surface area contributed by atoms with Crippen molar-refractivity contribution in [2.75, 3.05) is 5.75 Å². The molecule has 0 bridgehead atoms. The molecule has 0 atom stereocenters. The van der Waals surface area contributed by atoms with Crippen molar-refractivity contribution in [1.82, 2.24) is 0 Å². The Hall–Kier alpha value is -1.92. The van der Waals surface area contributed by atoms with Gasteiger partial charge in [0.25, 0.3) is 0 Å². The maximum atomic E-state index is 10.7. The molecule has 0 saturated heterocycles. The first-order chi connectivity index (χ1) is 8.65. The van der Waals surface area contributed by atoms with E-state index in [2.05, 4.69) is 11.8 Å². The summed E-state index contributed by atoms with van der Waals surface area (Å²) in [5.74, 6) is 6.71. The van der Waals surface area contributed by atoms with Crippen molar-refractivity contribution in [2.24, 2.45) is 0 Å². The van der Waals surface area contributed by atoms with Gasteiger partial charge >= 0.3 is 0 Å². The van der Waals surface area contributed by atoms with Crippen LogP contribution in [0.15, 0.2) is 36.4 Å². The summed E-state index contributed by atoms with van der Waals surface area (Å²) in [5, 5.41) is 11.5. The number of rotatable bonds is 1. The van der Waals surface area contributed by atoms with E-state index in [9.17, 15) is 9.90 Å². The monoisotopic (exact) mass is 256 g/mol. The second-order valence-corrected chi connectivity index (χ2v) is 4.98. The van der Waals surface area contributed by atoms with E-state index in [4.69, 9.17) is 0 Å². The fraction of sp³-hybridized carbons (Fsp3) is 0.133. The van der Waals surface area contributed by atoms with E-state index in [0.29, 0.717) is 5.75 Å². The molecule has 90 valence electrons. The van der Waals surface area contributed by atoms with Crippen LogP contribution in [0.2, 0.25) is 0 Å². The summed E-state index contributed by atoms with van der Waals surface area (Å²) in [4.78, 5) is 10.7. The molecule has 1 N–H and O–H groups in total. The van der Waals surface area contributed by atoms with Crippen molar-refractivity contribution in [1.29, 1.82) is 0 Å². The molecular weight excluding hydrogens is 244 g/mol. The van der Waals surface area contributed by atoms with Crippen molar-refractivity contribution in [3.05, 3.63) is 42.0 Å². The molecule has 0 amide bonds. The van der Waals surface area contributed by atoms with Gasteiger partial charge in [0.15, 0.2) is 5.12 Å². The van der Waals surface area contributed by atoms with Crippen LogP contribution in [-0.4, -0.2) is 16.0 Å². The van der Waals surface area contributed by atoms with E-state index < -0.39 is 0 Å². The molecule has 2 nitrogen and oxygen atoms in total. The minimum absolute atomic E-state index is 0.0766. The molecule has 18 heavy (non-hydrogen) atoms. The number of phenolic OH excluding ortho intramolecular Hbond substituents is 1. The highest BCUT2D eigenvalue weighted by molar-refractivity contribution is 8.13. The highest BCUT2D eigenvalue weighted by atomic mass is 32.2. The van der Waals surface area contributed by atoms with Crippen LogP contribution >= 0.6 is 11.8 Å². The van der Waals surface area contributed by atoms with Gasteiger partial charge in [0, 0.05) is 12.5 Å². The molecule has 0 radical (unpaired) electrons. The van der Waals surface area contributed by atoms with Crippen molar-refractivity contribution in [2.45, 2.75) is 6.92 Å². The zero-order valence-electron chi connectivity index (χ0n) is 9.93. The minimum atomic E-state index is 0.0766. The number of carbonyl (C=O) groups is 1. The number of aromatic hydroxyl groups is 1. The van der Waals surface area contributed by atoms with E-state index in [1.165, 1.54) is 18.7 Å². The Morgan fingerprint density at radius 2 is 2.00 bits per heavy atom. The lowest BCUT2D eigenvalue weighted by Crippen LogP contribution is -1.82. The molecule has 3 heteroatoms. The van der Waals surface area contributed by atoms with Gasteiger partial charge in [0.05, 0.1) is 5.75 Å². The van der Waals surface area contributed by atoms with Crippen molar-refractivity contribution in [3.8, 4) is 17.6 Å². The number of hydrogen-bond acceptors (Lipinski definition) is 3. The average molecular weight is 256 g/mol. The van der Waals surface area contributed by atoms with Gasteiger partial charge in [-0.3, -0.25) is 4.79 Å². The van der Waals surface area contributed by atoms with Crippen LogP contribution in [0.1, 0.15) is 12.5 Å². The van der Waals surface area contributed by atoms with Crippen molar-refractivity contribution < 1.29 is 9.90 Å². The van der Waals surface area contributed by atoms with Gasteiger partial charge in [-0.2, -0.15) is 0 Å². The number of hydrogen-bond donors (Lipinski definition) is 1. The van der Waals surface area contributed by atoms with Gasteiger partial charge in [-0.25, -0.2) is 0 Å². The number of carbonyl (C=O) groups excluding carboxylic acids is 1. The zero-order chi connectivity index (χ0) is 13.0. The van der Waals surface area contributed by atoms with Gasteiger partial charge in [-0.1, -0.05) is 35.7 Å². The van der Waals surface area contributed by atoms with Crippen LogP contribution in [0.4, 0.5) is 0 Å². The molecule has 0 aliphatic rings. The predicted molar refractivity (Wildman–Crippen MR) is 75.6 cm³/mol. The lowest BCUT2D eigenvalue weighted by atomic mass is 10.1. The lowest BCUT2D eigenvalue weighted by Gasteiger charge is -1.99. The van der Waals surface area contributed by atoms with E-state index >= 15 is 0 Å². The number of phenols is 1. The van der Waals surface area contributed by atoms with E-state index in [1.54, 1.807) is 12.1 Å². The van der Waals surface area contributed by atoms with Crippen LogP contribution in [0.3, 0.4) is 0 Å². The van der Waals surface area contributed by atoms with Crippen LogP contribution in [0.25, 0.3) is 10.8 Å². The van der Waals surface area contributed by atoms with Gasteiger partial charge in [0.1, 0.15) is 5.75 Å². The summed E-state index contributed by atoms with van der Waals surface area (Å²) in [6.07, 6.45) is 0. The third-order valence-electron chi connectivity index (χ3n) is 2.40. The molecule has 0 fully saturated rings. The second-order valence-electron chi connectivity index (χ2n) is 3.83. The quantitative estimate of drug-likeness (QED) is 0.796. The lowest BCUT2D eigenvalue weighted by molar-refractivity contribution is -0.109. The summed E-state index contributed by atoms with van der Waals surface area (Å²) in [5.41, 5.74) is 0.886. The Labute approximate surface area is 110 Å². The summed E-state index contributed by atoms with van der Waals surface area (Å²) in [6, 6.07) is 11.1. The Kier molecular flexibility index (Phi) is 3.91. The van der Waals surface area contributed by atoms with E-state index in [-0.39, 0.29) is 10.9 Å². The van der Waals surface area contributed by atoms with Crippen molar-refractivity contribution >= 4 is 27.6 Å². The van der Waals surface area contributed by atoms with E-state index in [1.807, 2.05) is 24.3 Å². The molecule has 0 heterocycles. The summed E-state index contributed by atoms with van der Waals surface area (Å²) < 4.78 is 0. The highest BCUT2D eigenvalue weighted by Crippen LogP contribution is 2.20. The van der Waals surface area contributed by atoms with Gasteiger partial charge < -0.3 is 5.11 Å². The Bertz CT molecular complexity index is 650. The molecule has 0 unspecified atom stereocenters. The maximum absolute atomic E-state index is 10.7. The first-order valence-electron chi connectivity index (χ1n) is 5.50. The molecular formula is C15H12O2S. The number of thioether (sulfide) groups is 1. The molecule has 2 rings (SSSR count). The fourth-order valence-corrected chi connectivity index (χ4v) is 1.94. The highest BCUT2D eigenvalue weighted by Gasteiger charge is 1.96.